The maximum atomic E-state index is 6.34. The van der Waals surface area contributed by atoms with Gasteiger partial charge in [0.2, 0.25) is 2.86 Å². The highest BCUT2D eigenvalue weighted by molar-refractivity contribution is 8.76. The summed E-state index contributed by atoms with van der Waals surface area (Å²) >= 11 is 0. The number of rotatable bonds is 7. The molecule has 0 radical (unpaired) electrons. The summed E-state index contributed by atoms with van der Waals surface area (Å²) < 4.78 is 12.7. The minimum atomic E-state index is 0.458. The Morgan fingerprint density at radius 2 is 1.62 bits per heavy atom. The first-order valence-electron chi connectivity index (χ1n) is 3.14. The molecular formula is C4H10O2S2. The average Bonchev–Trinajstić information content (AvgIpc) is 1.97. The summed E-state index contributed by atoms with van der Waals surface area (Å²) in [5.74, 6) is 1.62. The van der Waals surface area contributed by atoms with Crippen LogP contribution in [0.4, 0.5) is 0 Å². The van der Waals surface area contributed by atoms with E-state index in [0.29, 0.717) is 13.2 Å². The highest BCUT2D eigenvalue weighted by Gasteiger charge is 1.85. The Balaban J connectivity index is 2.65. The molecule has 0 amide bonds. The van der Waals surface area contributed by atoms with Gasteiger partial charge in [-0.15, -0.1) is 0 Å². The summed E-state index contributed by atoms with van der Waals surface area (Å²) in [4.78, 5) is 0. The second kappa shape index (κ2) is 7.62. The quantitative estimate of drug-likeness (QED) is 0.412. The van der Waals surface area contributed by atoms with Gasteiger partial charge >= 0.3 is 0 Å². The van der Waals surface area contributed by atoms with Gasteiger partial charge in [-0.25, -0.2) is 0 Å². The van der Waals surface area contributed by atoms with Gasteiger partial charge in [0.25, 0.3) is 0 Å². The topological polar surface area (TPSA) is 40.5 Å². The third-order valence-corrected chi connectivity index (χ3v) is 2.75. The van der Waals surface area contributed by atoms with Crippen LogP contribution in [0.15, 0.2) is 0 Å². The molecule has 0 aromatic carbocycles. The molecule has 0 rings (SSSR count). The molecule has 0 aliphatic heterocycles. The van der Waals surface area contributed by atoms with Crippen LogP contribution >= 0.6 is 21.6 Å². The van der Waals surface area contributed by atoms with Crippen LogP contribution in [0.3, 0.4) is 0 Å². The highest BCUT2D eigenvalue weighted by Crippen LogP contribution is 2.18. The molecule has 0 spiro atoms. The van der Waals surface area contributed by atoms with Crippen LogP contribution in [0.5, 0.6) is 0 Å². The van der Waals surface area contributed by atoms with Crippen LogP contribution in [-0.2, 0) is 0 Å². The van der Waals surface area contributed by atoms with Crippen molar-refractivity contribution in [2.24, 2.45) is 0 Å². The van der Waals surface area contributed by atoms with Crippen molar-refractivity contribution in [3.05, 3.63) is 0 Å². The van der Waals surface area contributed by atoms with Crippen molar-refractivity contribution in [3.63, 3.8) is 0 Å². The summed E-state index contributed by atoms with van der Waals surface area (Å²) in [5.41, 5.74) is 0. The van der Waals surface area contributed by atoms with Gasteiger partial charge < -0.3 is 10.2 Å². The monoisotopic (exact) mass is 156 g/mol. The standard InChI is InChI=1S/C4H10O2S2/c5-1-3-7-8-4-2-6/h5-6H,1-4H2/i5D,6D. The van der Waals surface area contributed by atoms with Crippen LogP contribution < -0.4 is 0 Å². The van der Waals surface area contributed by atoms with Crippen LogP contribution in [0.2, 0.25) is 0 Å². The van der Waals surface area contributed by atoms with Crippen LogP contribution in [-0.4, -0.2) is 37.8 Å². The normalized spacial score (nSPS) is 13.0. The van der Waals surface area contributed by atoms with E-state index in [0.717, 1.165) is 11.5 Å². The van der Waals surface area contributed by atoms with Gasteiger partial charge in [0.1, 0.15) is 0 Å². The molecule has 0 heterocycles. The van der Waals surface area contributed by atoms with Crippen molar-refractivity contribution >= 4 is 21.6 Å². The lowest BCUT2D eigenvalue weighted by atomic mass is 10.9. The van der Waals surface area contributed by atoms with E-state index in [2.05, 4.69) is 10.2 Å². The van der Waals surface area contributed by atoms with Gasteiger partial charge in [0.05, 0.1) is 13.2 Å². The highest BCUT2D eigenvalue weighted by atomic mass is 33.1. The van der Waals surface area contributed by atoms with Gasteiger partial charge in [0.15, 0.2) is 0 Å². The van der Waals surface area contributed by atoms with Crippen LogP contribution in [0.25, 0.3) is 0 Å². The molecule has 0 aliphatic carbocycles. The van der Waals surface area contributed by atoms with E-state index in [1.807, 2.05) is 0 Å². The molecule has 0 aromatic rings. The Hall–Kier alpha value is 0.620. The zero-order chi connectivity index (χ0) is 7.66. The Morgan fingerprint density at radius 1 is 1.12 bits per heavy atom. The maximum Gasteiger partial charge on any atom is 0.210 e. The Morgan fingerprint density at radius 3 is 2.00 bits per heavy atom. The van der Waals surface area contributed by atoms with E-state index in [1.165, 1.54) is 0 Å². The molecule has 2 N–H and O–H groups in total. The van der Waals surface area contributed by atoms with Gasteiger partial charge in [-0.3, -0.25) is 0 Å². The second-order valence-electron chi connectivity index (χ2n) is 1.05. The Kier molecular flexibility index (Phi) is 5.15. The zero-order valence-corrected chi connectivity index (χ0v) is 6.09. The number of hydrogen-bond donors (Lipinski definition) is 2. The molecule has 0 fully saturated rings. The van der Waals surface area contributed by atoms with Crippen molar-refractivity contribution in [3.8, 4) is 0 Å². The summed E-state index contributed by atoms with van der Waals surface area (Å²) in [5, 5.41) is 8.19. The molecule has 0 saturated carbocycles. The number of hydrogen-bond acceptors (Lipinski definition) is 4. The van der Waals surface area contributed by atoms with Gasteiger partial charge in [-0.1, -0.05) is 21.6 Å². The summed E-state index contributed by atoms with van der Waals surface area (Å²) in [6.07, 6.45) is 0. The number of aliphatic hydroxyl groups is 2. The fourth-order valence-corrected chi connectivity index (χ4v) is 1.67. The first-order valence-corrected chi connectivity index (χ1v) is 4.81. The van der Waals surface area contributed by atoms with Crippen molar-refractivity contribution in [2.75, 3.05) is 24.7 Å². The zero-order valence-electron chi connectivity index (χ0n) is 6.46. The summed E-state index contributed by atoms with van der Waals surface area (Å²) in [6, 6.07) is 0. The predicted molar refractivity (Wildman–Crippen MR) is 39.1 cm³/mol. The van der Waals surface area contributed by atoms with E-state index in [1.54, 1.807) is 21.6 Å². The minimum Gasteiger partial charge on any atom is -0.395 e. The molecule has 4 heteroatoms. The van der Waals surface area contributed by atoms with Crippen molar-refractivity contribution in [1.82, 2.24) is 0 Å². The lowest BCUT2D eigenvalue weighted by Gasteiger charge is -1.93. The van der Waals surface area contributed by atoms with Crippen molar-refractivity contribution < 1.29 is 10.2 Å². The fraction of sp³-hybridized carbons (Fsp3) is 1.00. The van der Waals surface area contributed by atoms with E-state index in [4.69, 9.17) is 2.86 Å². The van der Waals surface area contributed by atoms with E-state index in [9.17, 15) is 0 Å². The lowest BCUT2D eigenvalue weighted by molar-refractivity contribution is 0.322. The molecule has 8 heavy (non-hydrogen) atoms. The molecule has 0 bridgehead atoms. The summed E-state index contributed by atoms with van der Waals surface area (Å²) in [7, 11) is 3.25. The van der Waals surface area contributed by atoms with Gasteiger partial charge in [-0.2, -0.15) is 0 Å². The molecule has 0 unspecified atom stereocenters. The van der Waals surface area contributed by atoms with E-state index < -0.39 is 0 Å². The Bertz CT molecular complexity index is 59.2. The molecule has 0 saturated heterocycles. The average molecular weight is 156 g/mol. The summed E-state index contributed by atoms with van der Waals surface area (Å²) in [6.45, 7) is 0.915. The van der Waals surface area contributed by atoms with Crippen LogP contribution in [0.1, 0.15) is 0 Å². The number of aliphatic hydroxyl groups excluding tert-OH is 2. The van der Waals surface area contributed by atoms with E-state index >= 15 is 0 Å². The fourth-order valence-electron chi connectivity index (χ4n) is 0.186. The molecule has 2 nitrogen and oxygen atoms in total. The van der Waals surface area contributed by atoms with Gasteiger partial charge in [-0.05, 0) is 0 Å². The van der Waals surface area contributed by atoms with Crippen molar-refractivity contribution in [2.45, 2.75) is 0 Å². The molecule has 50 valence electrons. The minimum absolute atomic E-state index is 0.458. The van der Waals surface area contributed by atoms with Gasteiger partial charge in [0, 0.05) is 11.5 Å². The largest absolute Gasteiger partial charge is 0.395 e. The first kappa shape index (κ1) is 5.41. The molecule has 0 aliphatic rings. The second-order valence-corrected chi connectivity index (χ2v) is 3.75. The third-order valence-electron chi connectivity index (χ3n) is 0.417. The third kappa shape index (κ3) is 6.62. The van der Waals surface area contributed by atoms with E-state index in [-0.39, 0.29) is 0 Å². The predicted octanol–water partition coefficient (Wildman–Crippen LogP) is 0.352. The van der Waals surface area contributed by atoms with Crippen molar-refractivity contribution in [1.29, 1.82) is 2.86 Å². The Labute approximate surface area is 60.1 Å². The SMILES string of the molecule is [2H]OCCSSCCO[2H]. The van der Waals surface area contributed by atoms with Crippen LogP contribution in [0, 0.1) is 0 Å². The first-order chi connectivity index (χ1) is 4.91. The maximum absolute atomic E-state index is 6.34. The molecule has 0 atom stereocenters. The smallest absolute Gasteiger partial charge is 0.210 e. The molecule has 0 aromatic heterocycles. The lowest BCUT2D eigenvalue weighted by Crippen LogP contribution is -1.85. The molecular weight excluding hydrogens is 144 g/mol.